The molecule has 1 saturated heterocycles. The zero-order chi connectivity index (χ0) is 28.8. The molecule has 9 nitrogen and oxygen atoms in total. The first kappa shape index (κ1) is 26.2. The predicted octanol–water partition coefficient (Wildman–Crippen LogP) is 5.31. The number of anilines is 1. The molecule has 0 aliphatic carbocycles. The lowest BCUT2D eigenvalue weighted by molar-refractivity contribution is 0.00749. The van der Waals surface area contributed by atoms with Gasteiger partial charge in [0.1, 0.15) is 11.6 Å². The number of carbonyl (C=O) groups excluding carboxylic acids is 1. The number of likely N-dealkylation sites (tertiary alicyclic amines) is 1. The number of nitrogens with zero attached hydrogens (tertiary/aromatic N) is 3. The van der Waals surface area contributed by atoms with E-state index in [1.165, 1.54) is 24.3 Å². The van der Waals surface area contributed by atoms with Crippen molar-refractivity contribution in [2.75, 3.05) is 38.7 Å². The minimum absolute atomic E-state index is 0.255. The molecule has 42 heavy (non-hydrogen) atoms. The topological polar surface area (TPSA) is 107 Å². The number of aliphatic hydroxyl groups excluding tert-OH is 1. The third-order valence-corrected chi connectivity index (χ3v) is 8.33. The van der Waals surface area contributed by atoms with Gasteiger partial charge < -0.3 is 29.6 Å². The van der Waals surface area contributed by atoms with Crippen LogP contribution in [-0.4, -0.2) is 64.4 Å². The van der Waals surface area contributed by atoms with Crippen LogP contribution in [0, 0.1) is 5.82 Å². The Morgan fingerprint density at radius 2 is 1.90 bits per heavy atom. The summed E-state index contributed by atoms with van der Waals surface area (Å²) in [6, 6.07) is 22.5. The standard InChI is InChI=1S/C32H30FN5O4/c1-41-24-11-12-25-26(14-24)35-30-27(16-39)38(31(40)34-22-9-7-21(33)8-10-22)19-32(29(25)30)17-37(18-32)15-23-13-28(42-36-23)20-5-3-2-4-6-20/h2-14,27,35,39H,15-19H2,1H3,(H,34,40)/t27-/m0/s1. The van der Waals surface area contributed by atoms with Gasteiger partial charge in [0.05, 0.1) is 25.5 Å². The minimum atomic E-state index is -0.581. The van der Waals surface area contributed by atoms with Crippen molar-refractivity contribution < 1.29 is 23.6 Å². The summed E-state index contributed by atoms with van der Waals surface area (Å²) < 4.78 is 24.5. The fourth-order valence-corrected chi connectivity index (χ4v) is 6.48. The van der Waals surface area contributed by atoms with Crippen LogP contribution in [0.4, 0.5) is 14.9 Å². The Bertz CT molecular complexity index is 1740. The molecule has 3 N–H and O–H groups in total. The van der Waals surface area contributed by atoms with E-state index >= 15 is 0 Å². The average Bonchev–Trinajstić information content (AvgIpc) is 3.62. The summed E-state index contributed by atoms with van der Waals surface area (Å²) in [5.41, 5.74) is 4.73. The fraction of sp³-hybridized carbons (Fsp3) is 0.250. The van der Waals surface area contributed by atoms with Gasteiger partial charge >= 0.3 is 6.03 Å². The Hall–Kier alpha value is -4.67. The van der Waals surface area contributed by atoms with Crippen LogP contribution in [0.15, 0.2) is 83.4 Å². The number of H-pyrrole nitrogens is 1. The Morgan fingerprint density at radius 1 is 1.12 bits per heavy atom. The molecule has 2 aliphatic rings. The molecule has 2 amide bonds. The summed E-state index contributed by atoms with van der Waals surface area (Å²) >= 11 is 0. The number of ether oxygens (including phenoxy) is 1. The Balaban J connectivity index is 1.20. The second kappa shape index (κ2) is 10.3. The number of hydrogen-bond donors (Lipinski definition) is 3. The molecule has 1 spiro atoms. The van der Waals surface area contributed by atoms with E-state index in [1.807, 2.05) is 54.6 Å². The zero-order valence-electron chi connectivity index (χ0n) is 23.0. The van der Waals surface area contributed by atoms with Gasteiger partial charge in [0, 0.05) is 71.6 Å². The van der Waals surface area contributed by atoms with Crippen molar-refractivity contribution in [2.24, 2.45) is 0 Å². The van der Waals surface area contributed by atoms with Gasteiger partial charge in [-0.05, 0) is 42.0 Å². The number of aliphatic hydroxyl groups is 1. The summed E-state index contributed by atoms with van der Waals surface area (Å²) in [4.78, 5) is 21.1. The van der Waals surface area contributed by atoms with Crippen LogP contribution in [-0.2, 0) is 12.0 Å². The molecule has 2 aliphatic heterocycles. The van der Waals surface area contributed by atoms with Crippen molar-refractivity contribution in [3.63, 3.8) is 0 Å². The van der Waals surface area contributed by atoms with Gasteiger partial charge in [-0.1, -0.05) is 35.5 Å². The molecule has 4 heterocycles. The van der Waals surface area contributed by atoms with Crippen LogP contribution in [0.5, 0.6) is 5.75 Å². The number of halogens is 1. The highest BCUT2D eigenvalue weighted by Crippen LogP contribution is 2.49. The maximum Gasteiger partial charge on any atom is 0.322 e. The van der Waals surface area contributed by atoms with Crippen molar-refractivity contribution in [3.8, 4) is 17.1 Å². The highest BCUT2D eigenvalue weighted by atomic mass is 19.1. The molecule has 7 rings (SSSR count). The third kappa shape index (κ3) is 4.49. The van der Waals surface area contributed by atoms with Gasteiger partial charge in [-0.25, -0.2) is 9.18 Å². The maximum absolute atomic E-state index is 13.6. The molecule has 1 fully saturated rings. The third-order valence-electron chi connectivity index (χ3n) is 8.33. The SMILES string of the molecule is COc1ccc2c3c([nH]c2c1)[C@H](CO)N(C(=O)Nc1ccc(F)cc1)CC31CN(Cc2cc(-c3ccccc3)on2)C1. The Morgan fingerprint density at radius 3 is 2.64 bits per heavy atom. The second-order valence-electron chi connectivity index (χ2n) is 11.1. The van der Waals surface area contributed by atoms with E-state index in [4.69, 9.17) is 9.26 Å². The van der Waals surface area contributed by atoms with Gasteiger partial charge in [-0.15, -0.1) is 0 Å². The molecule has 0 radical (unpaired) electrons. The second-order valence-corrected chi connectivity index (χ2v) is 11.1. The van der Waals surface area contributed by atoms with Gasteiger partial charge in [0.2, 0.25) is 0 Å². The molecule has 214 valence electrons. The van der Waals surface area contributed by atoms with Crippen molar-refractivity contribution in [3.05, 3.63) is 102 Å². The Kier molecular flexibility index (Phi) is 6.44. The monoisotopic (exact) mass is 567 g/mol. The number of hydrogen-bond acceptors (Lipinski definition) is 6. The van der Waals surface area contributed by atoms with Crippen molar-refractivity contribution in [2.45, 2.75) is 18.0 Å². The number of amides is 2. The minimum Gasteiger partial charge on any atom is -0.497 e. The van der Waals surface area contributed by atoms with Crippen LogP contribution in [0.3, 0.4) is 0 Å². The summed E-state index contributed by atoms with van der Waals surface area (Å²) in [6.07, 6.45) is 0. The molecule has 5 aromatic rings. The van der Waals surface area contributed by atoms with Crippen LogP contribution in [0.2, 0.25) is 0 Å². The van der Waals surface area contributed by atoms with E-state index in [2.05, 4.69) is 20.4 Å². The maximum atomic E-state index is 13.6. The molecule has 0 bridgehead atoms. The average molecular weight is 568 g/mol. The van der Waals surface area contributed by atoms with E-state index < -0.39 is 6.04 Å². The van der Waals surface area contributed by atoms with Gasteiger partial charge in [-0.2, -0.15) is 0 Å². The number of carbonyl (C=O) groups is 1. The molecule has 0 saturated carbocycles. The van der Waals surface area contributed by atoms with Crippen LogP contribution in [0.1, 0.15) is 23.0 Å². The first-order valence-corrected chi connectivity index (χ1v) is 13.8. The van der Waals surface area contributed by atoms with Crippen molar-refractivity contribution in [1.82, 2.24) is 19.9 Å². The summed E-state index contributed by atoms with van der Waals surface area (Å²) in [5, 5.41) is 18.8. The highest BCUT2D eigenvalue weighted by molar-refractivity contribution is 5.92. The van der Waals surface area contributed by atoms with Gasteiger partial charge in [0.25, 0.3) is 0 Å². The number of aromatic nitrogens is 2. The van der Waals surface area contributed by atoms with Gasteiger partial charge in [-0.3, -0.25) is 4.90 Å². The summed E-state index contributed by atoms with van der Waals surface area (Å²) in [6.45, 7) is 2.13. The smallest absolute Gasteiger partial charge is 0.322 e. The first-order chi connectivity index (χ1) is 20.5. The predicted molar refractivity (Wildman–Crippen MR) is 156 cm³/mol. The molecule has 10 heteroatoms. The lowest BCUT2D eigenvalue weighted by Crippen LogP contribution is -2.66. The largest absolute Gasteiger partial charge is 0.497 e. The normalized spacial score (nSPS) is 17.7. The van der Waals surface area contributed by atoms with Gasteiger partial charge in [0.15, 0.2) is 5.76 Å². The molecule has 2 aromatic heterocycles. The molecular formula is C32H30FN5O4. The quantitative estimate of drug-likeness (QED) is 0.257. The number of methoxy groups -OCH3 is 1. The molecule has 3 aromatic carbocycles. The highest BCUT2D eigenvalue weighted by Gasteiger charge is 2.53. The fourth-order valence-electron chi connectivity index (χ4n) is 6.48. The number of nitrogens with one attached hydrogen (secondary N) is 2. The van der Waals surface area contributed by atoms with E-state index in [1.54, 1.807) is 12.0 Å². The van der Waals surface area contributed by atoms with E-state index in [9.17, 15) is 14.3 Å². The van der Waals surface area contributed by atoms with Crippen LogP contribution >= 0.6 is 0 Å². The first-order valence-electron chi connectivity index (χ1n) is 13.8. The zero-order valence-corrected chi connectivity index (χ0v) is 23.0. The lowest BCUT2D eigenvalue weighted by Gasteiger charge is -2.56. The number of aromatic amines is 1. The molecular weight excluding hydrogens is 537 g/mol. The number of benzene rings is 3. The van der Waals surface area contributed by atoms with E-state index in [0.717, 1.165) is 44.9 Å². The summed E-state index contributed by atoms with van der Waals surface area (Å²) in [7, 11) is 1.63. The van der Waals surface area contributed by atoms with Crippen LogP contribution in [0.25, 0.3) is 22.2 Å². The van der Waals surface area contributed by atoms with Crippen molar-refractivity contribution >= 4 is 22.6 Å². The van der Waals surface area contributed by atoms with E-state index in [-0.39, 0.29) is 23.9 Å². The molecule has 1 atom stereocenters. The number of urea groups is 1. The lowest BCUT2D eigenvalue weighted by atomic mass is 9.68. The summed E-state index contributed by atoms with van der Waals surface area (Å²) in [5.74, 6) is 1.06. The van der Waals surface area contributed by atoms with E-state index in [0.29, 0.717) is 31.9 Å². The number of fused-ring (bicyclic) bond motifs is 4. The Labute approximate surface area is 241 Å². The molecule has 0 unspecified atom stereocenters. The van der Waals surface area contributed by atoms with Crippen LogP contribution < -0.4 is 10.1 Å². The van der Waals surface area contributed by atoms with Crippen molar-refractivity contribution in [1.29, 1.82) is 0 Å². The number of rotatable bonds is 6.